The van der Waals surface area contributed by atoms with Gasteiger partial charge in [0.15, 0.2) is 0 Å². The number of ether oxygens (including phenoxy) is 2. The maximum absolute atomic E-state index is 5.91. The molecule has 0 fully saturated rings. The molecule has 4 rings (SSSR count). The van der Waals surface area contributed by atoms with Crippen LogP contribution in [0.15, 0.2) is 84.9 Å². The summed E-state index contributed by atoms with van der Waals surface area (Å²) < 4.78 is 11.8. The molecule has 0 amide bonds. The third-order valence-corrected chi connectivity index (χ3v) is 6.14. The van der Waals surface area contributed by atoms with Crippen molar-refractivity contribution in [2.45, 2.75) is 33.8 Å². The first-order chi connectivity index (χ1) is 18.1. The van der Waals surface area contributed by atoms with Gasteiger partial charge in [-0.1, -0.05) is 44.2 Å². The lowest BCUT2D eigenvalue weighted by Crippen LogP contribution is -2.25. The summed E-state index contributed by atoms with van der Waals surface area (Å²) in [4.78, 5) is 11.7. The molecular formula is C31H36N4O2. The van der Waals surface area contributed by atoms with Gasteiger partial charge >= 0.3 is 0 Å². The Balaban J connectivity index is 1.33. The largest absolute Gasteiger partial charge is 0.494 e. The van der Waals surface area contributed by atoms with E-state index in [0.29, 0.717) is 19.2 Å². The van der Waals surface area contributed by atoms with Crippen molar-refractivity contribution in [3.63, 3.8) is 0 Å². The zero-order chi connectivity index (χ0) is 25.9. The quantitative estimate of drug-likeness (QED) is 0.204. The van der Waals surface area contributed by atoms with Crippen LogP contribution >= 0.6 is 0 Å². The second-order valence-corrected chi connectivity index (χ2v) is 8.90. The highest BCUT2D eigenvalue weighted by atomic mass is 16.5. The van der Waals surface area contributed by atoms with E-state index in [1.165, 1.54) is 0 Å². The highest BCUT2D eigenvalue weighted by molar-refractivity contribution is 5.63. The van der Waals surface area contributed by atoms with E-state index >= 15 is 0 Å². The van der Waals surface area contributed by atoms with Gasteiger partial charge in [-0.3, -0.25) is 0 Å². The van der Waals surface area contributed by atoms with Gasteiger partial charge in [-0.25, -0.2) is 9.97 Å². The molecule has 6 nitrogen and oxygen atoms in total. The summed E-state index contributed by atoms with van der Waals surface area (Å²) in [6.45, 7) is 10.8. The minimum Gasteiger partial charge on any atom is -0.494 e. The molecule has 1 N–H and O–H groups in total. The van der Waals surface area contributed by atoms with E-state index in [1.54, 1.807) is 0 Å². The van der Waals surface area contributed by atoms with E-state index in [2.05, 4.69) is 41.2 Å². The van der Waals surface area contributed by atoms with Crippen molar-refractivity contribution in [3.05, 3.63) is 96.2 Å². The molecule has 0 saturated heterocycles. The van der Waals surface area contributed by atoms with Crippen LogP contribution in [0.5, 0.6) is 11.5 Å². The van der Waals surface area contributed by atoms with Crippen molar-refractivity contribution in [1.29, 1.82) is 0 Å². The molecule has 1 aromatic heterocycles. The topological polar surface area (TPSA) is 59.5 Å². The van der Waals surface area contributed by atoms with Crippen molar-refractivity contribution in [3.8, 4) is 22.8 Å². The van der Waals surface area contributed by atoms with Crippen LogP contribution < -0.4 is 14.8 Å². The van der Waals surface area contributed by atoms with Crippen molar-refractivity contribution in [1.82, 2.24) is 14.9 Å². The Kier molecular flexibility index (Phi) is 9.49. The highest BCUT2D eigenvalue weighted by Gasteiger charge is 2.07. The average molecular weight is 497 g/mol. The normalized spacial score (nSPS) is 10.9. The van der Waals surface area contributed by atoms with E-state index in [4.69, 9.17) is 14.5 Å². The maximum atomic E-state index is 5.91. The standard InChI is InChI=1S/C31H36N4O2/c1-4-35(5-2)20-9-21-36-28-18-14-27(15-19-28)33-31-32-24(3)22-30(34-31)26-12-16-29(17-13-26)37-23-25-10-7-6-8-11-25/h6-8,10-19,22H,4-5,9,20-21,23H2,1-3H3,(H,32,33,34). The van der Waals surface area contributed by atoms with Gasteiger partial charge in [-0.15, -0.1) is 0 Å². The zero-order valence-electron chi connectivity index (χ0n) is 22.0. The second-order valence-electron chi connectivity index (χ2n) is 8.90. The summed E-state index contributed by atoms with van der Waals surface area (Å²) >= 11 is 0. The third kappa shape index (κ3) is 8.05. The Labute approximate surface area is 220 Å². The Morgan fingerprint density at radius 1 is 0.784 bits per heavy atom. The lowest BCUT2D eigenvalue weighted by molar-refractivity contribution is 0.249. The number of nitrogens with zero attached hydrogens (tertiary/aromatic N) is 3. The predicted octanol–water partition coefficient (Wildman–Crippen LogP) is 6.89. The average Bonchev–Trinajstić information content (AvgIpc) is 2.93. The second kappa shape index (κ2) is 13.4. The molecule has 0 bridgehead atoms. The van der Waals surface area contributed by atoms with E-state index in [1.807, 2.05) is 79.7 Å². The van der Waals surface area contributed by atoms with Crippen LogP contribution in [0.2, 0.25) is 0 Å². The molecule has 37 heavy (non-hydrogen) atoms. The number of rotatable bonds is 13. The molecule has 0 saturated carbocycles. The molecule has 0 radical (unpaired) electrons. The molecule has 0 aliphatic carbocycles. The lowest BCUT2D eigenvalue weighted by atomic mass is 10.1. The van der Waals surface area contributed by atoms with Gasteiger partial charge in [0.2, 0.25) is 5.95 Å². The van der Waals surface area contributed by atoms with E-state index < -0.39 is 0 Å². The van der Waals surface area contributed by atoms with Crippen LogP contribution in [0.3, 0.4) is 0 Å². The molecule has 0 spiro atoms. The number of aromatic nitrogens is 2. The van der Waals surface area contributed by atoms with Gasteiger partial charge in [0, 0.05) is 23.5 Å². The van der Waals surface area contributed by atoms with Crippen LogP contribution in [0, 0.1) is 6.92 Å². The summed E-state index contributed by atoms with van der Waals surface area (Å²) in [7, 11) is 0. The third-order valence-electron chi connectivity index (χ3n) is 6.14. The summed E-state index contributed by atoms with van der Waals surface area (Å²) in [6.07, 6.45) is 1.02. The fourth-order valence-corrected chi connectivity index (χ4v) is 4.02. The predicted molar refractivity (Wildman–Crippen MR) is 151 cm³/mol. The number of benzene rings is 3. The minimum absolute atomic E-state index is 0.543. The van der Waals surface area contributed by atoms with Crippen molar-refractivity contribution < 1.29 is 9.47 Å². The minimum atomic E-state index is 0.543. The Morgan fingerprint density at radius 2 is 1.46 bits per heavy atom. The number of nitrogens with one attached hydrogen (secondary N) is 1. The van der Waals surface area contributed by atoms with Gasteiger partial charge < -0.3 is 19.7 Å². The molecule has 0 unspecified atom stereocenters. The monoisotopic (exact) mass is 496 g/mol. The summed E-state index contributed by atoms with van der Waals surface area (Å²) in [6, 6.07) is 28.1. The molecule has 3 aromatic carbocycles. The zero-order valence-corrected chi connectivity index (χ0v) is 22.0. The van der Waals surface area contributed by atoms with Crippen LogP contribution in [-0.2, 0) is 6.61 Å². The van der Waals surface area contributed by atoms with Crippen molar-refractivity contribution in [2.75, 3.05) is 31.6 Å². The van der Waals surface area contributed by atoms with Gasteiger partial charge in [0.1, 0.15) is 18.1 Å². The SMILES string of the molecule is CCN(CC)CCCOc1ccc(Nc2nc(C)cc(-c3ccc(OCc4ccccc4)cc3)n2)cc1. The summed E-state index contributed by atoms with van der Waals surface area (Å²) in [5.74, 6) is 2.25. The Morgan fingerprint density at radius 3 is 2.16 bits per heavy atom. The number of hydrogen-bond acceptors (Lipinski definition) is 6. The molecule has 0 aliphatic rings. The molecular weight excluding hydrogens is 460 g/mol. The molecule has 6 heteroatoms. The van der Waals surface area contributed by atoms with E-state index in [0.717, 1.165) is 65.8 Å². The van der Waals surface area contributed by atoms with Gasteiger partial charge in [-0.2, -0.15) is 0 Å². The first-order valence-corrected chi connectivity index (χ1v) is 13.0. The number of hydrogen-bond donors (Lipinski definition) is 1. The molecule has 1 heterocycles. The van der Waals surface area contributed by atoms with Gasteiger partial charge in [-0.05, 0) is 86.6 Å². The van der Waals surface area contributed by atoms with Crippen molar-refractivity contribution in [2.24, 2.45) is 0 Å². The van der Waals surface area contributed by atoms with Crippen LogP contribution in [0.1, 0.15) is 31.5 Å². The molecule has 0 atom stereocenters. The molecule has 192 valence electrons. The first kappa shape index (κ1) is 26.2. The molecule has 0 aliphatic heterocycles. The first-order valence-electron chi connectivity index (χ1n) is 13.0. The molecule has 4 aromatic rings. The maximum Gasteiger partial charge on any atom is 0.227 e. The van der Waals surface area contributed by atoms with Gasteiger partial charge in [0.25, 0.3) is 0 Å². The van der Waals surface area contributed by atoms with Crippen LogP contribution in [-0.4, -0.2) is 41.1 Å². The fraction of sp³-hybridized carbons (Fsp3) is 0.290. The van der Waals surface area contributed by atoms with Crippen LogP contribution in [0.25, 0.3) is 11.3 Å². The van der Waals surface area contributed by atoms with Gasteiger partial charge in [0.05, 0.1) is 12.3 Å². The highest BCUT2D eigenvalue weighted by Crippen LogP contribution is 2.25. The smallest absolute Gasteiger partial charge is 0.227 e. The van der Waals surface area contributed by atoms with E-state index in [9.17, 15) is 0 Å². The Hall–Kier alpha value is -3.90. The summed E-state index contributed by atoms with van der Waals surface area (Å²) in [5.41, 5.74) is 4.82. The fourth-order valence-electron chi connectivity index (χ4n) is 4.02. The van der Waals surface area contributed by atoms with Crippen molar-refractivity contribution >= 4 is 11.6 Å². The number of aryl methyl sites for hydroxylation is 1. The van der Waals surface area contributed by atoms with Crippen LogP contribution in [0.4, 0.5) is 11.6 Å². The van der Waals surface area contributed by atoms with E-state index in [-0.39, 0.29) is 0 Å². The number of anilines is 2. The Bertz CT molecular complexity index is 1220. The lowest BCUT2D eigenvalue weighted by Gasteiger charge is -2.17. The summed E-state index contributed by atoms with van der Waals surface area (Å²) in [5, 5.41) is 3.32.